The fraction of sp³-hybridized carbons (Fsp3) is 0.154. The Hall–Kier alpha value is -1.52. The molecule has 0 spiro atoms. The van der Waals surface area contributed by atoms with Crippen LogP contribution in [0.1, 0.15) is 15.2 Å². The van der Waals surface area contributed by atoms with Gasteiger partial charge in [-0.2, -0.15) is 0 Å². The van der Waals surface area contributed by atoms with Gasteiger partial charge in [-0.25, -0.2) is 0 Å². The molecule has 0 radical (unpaired) electrons. The van der Waals surface area contributed by atoms with Crippen LogP contribution in [-0.2, 0) is 6.54 Å². The summed E-state index contributed by atoms with van der Waals surface area (Å²) in [5, 5.41) is 2.84. The molecule has 0 atom stereocenters. The molecule has 0 aliphatic rings. The second-order valence-electron chi connectivity index (χ2n) is 3.60. The summed E-state index contributed by atoms with van der Waals surface area (Å²) in [5.74, 6) is 0.639. The molecule has 1 heterocycles. The molecule has 1 amide bonds. The summed E-state index contributed by atoms with van der Waals surface area (Å²) in [7, 11) is 1.61. The zero-order valence-electron chi connectivity index (χ0n) is 9.77. The molecule has 5 heteroatoms. The average Bonchev–Trinajstić information content (AvgIpc) is 2.83. The fourth-order valence-corrected chi connectivity index (χ4v) is 2.51. The maximum absolute atomic E-state index is 11.8. The molecular formula is C13H12ClNO2S. The van der Waals surface area contributed by atoms with E-state index in [1.165, 1.54) is 11.3 Å². The van der Waals surface area contributed by atoms with E-state index in [0.717, 1.165) is 11.3 Å². The van der Waals surface area contributed by atoms with Crippen molar-refractivity contribution in [2.75, 3.05) is 7.11 Å². The SMILES string of the molecule is COc1ccccc1CNC(=O)c1ccc(Cl)s1. The minimum Gasteiger partial charge on any atom is -0.496 e. The Bertz CT molecular complexity index is 553. The lowest BCUT2D eigenvalue weighted by Crippen LogP contribution is -2.22. The van der Waals surface area contributed by atoms with E-state index in [1.54, 1.807) is 19.2 Å². The predicted molar refractivity (Wildman–Crippen MR) is 73.5 cm³/mol. The number of rotatable bonds is 4. The maximum Gasteiger partial charge on any atom is 0.261 e. The third-order valence-corrected chi connectivity index (χ3v) is 3.66. The van der Waals surface area contributed by atoms with Gasteiger partial charge >= 0.3 is 0 Å². The summed E-state index contributed by atoms with van der Waals surface area (Å²) in [5.41, 5.74) is 0.941. The number of carbonyl (C=O) groups is 1. The molecule has 0 bridgehead atoms. The van der Waals surface area contributed by atoms with E-state index in [0.29, 0.717) is 15.8 Å². The number of benzene rings is 1. The Balaban J connectivity index is 2.01. The van der Waals surface area contributed by atoms with E-state index in [4.69, 9.17) is 16.3 Å². The molecule has 0 saturated carbocycles. The molecule has 0 fully saturated rings. The molecule has 1 aromatic carbocycles. The molecular weight excluding hydrogens is 270 g/mol. The second-order valence-corrected chi connectivity index (χ2v) is 5.31. The first-order valence-electron chi connectivity index (χ1n) is 5.36. The van der Waals surface area contributed by atoms with E-state index in [2.05, 4.69) is 5.32 Å². The molecule has 0 aliphatic heterocycles. The molecule has 0 aliphatic carbocycles. The smallest absolute Gasteiger partial charge is 0.261 e. The number of carbonyl (C=O) groups excluding carboxylic acids is 1. The first-order valence-corrected chi connectivity index (χ1v) is 6.55. The van der Waals surface area contributed by atoms with Crippen molar-refractivity contribution in [3.8, 4) is 5.75 Å². The number of thiophene rings is 1. The summed E-state index contributed by atoms with van der Waals surface area (Å²) < 4.78 is 5.83. The van der Waals surface area contributed by atoms with Crippen molar-refractivity contribution < 1.29 is 9.53 Å². The second kappa shape index (κ2) is 5.89. The monoisotopic (exact) mass is 281 g/mol. The third-order valence-electron chi connectivity index (χ3n) is 2.43. The predicted octanol–water partition coefficient (Wildman–Crippen LogP) is 3.34. The molecule has 3 nitrogen and oxygen atoms in total. The Kier molecular flexibility index (Phi) is 4.23. The molecule has 2 aromatic rings. The van der Waals surface area contributed by atoms with Gasteiger partial charge in [0.2, 0.25) is 0 Å². The van der Waals surface area contributed by atoms with Crippen molar-refractivity contribution in [3.05, 3.63) is 51.2 Å². The van der Waals surface area contributed by atoms with E-state index < -0.39 is 0 Å². The summed E-state index contributed by atoms with van der Waals surface area (Å²) in [6.45, 7) is 0.429. The van der Waals surface area contributed by atoms with Gasteiger partial charge in [0.15, 0.2) is 0 Å². The van der Waals surface area contributed by atoms with Gasteiger partial charge < -0.3 is 10.1 Å². The molecule has 0 saturated heterocycles. The normalized spacial score (nSPS) is 10.1. The van der Waals surface area contributed by atoms with Crippen molar-refractivity contribution in [1.29, 1.82) is 0 Å². The van der Waals surface area contributed by atoms with E-state index >= 15 is 0 Å². The lowest BCUT2D eigenvalue weighted by Gasteiger charge is -2.08. The zero-order chi connectivity index (χ0) is 13.0. The van der Waals surface area contributed by atoms with Crippen molar-refractivity contribution in [2.24, 2.45) is 0 Å². The first kappa shape index (κ1) is 12.9. The number of halogens is 1. The van der Waals surface area contributed by atoms with Crippen LogP contribution in [0, 0.1) is 0 Å². The lowest BCUT2D eigenvalue weighted by atomic mass is 10.2. The van der Waals surface area contributed by atoms with Gasteiger partial charge in [0.1, 0.15) is 5.75 Å². The van der Waals surface area contributed by atoms with Gasteiger partial charge in [0.25, 0.3) is 5.91 Å². The summed E-state index contributed by atoms with van der Waals surface area (Å²) in [4.78, 5) is 12.4. The first-order chi connectivity index (χ1) is 8.70. The standard InChI is InChI=1S/C13H12ClNO2S/c1-17-10-5-3-2-4-9(10)8-15-13(16)11-6-7-12(14)18-11/h2-7H,8H2,1H3,(H,15,16). The van der Waals surface area contributed by atoms with Crippen LogP contribution < -0.4 is 10.1 Å². The number of methoxy groups -OCH3 is 1. The van der Waals surface area contributed by atoms with Crippen molar-refractivity contribution in [1.82, 2.24) is 5.32 Å². The van der Waals surface area contributed by atoms with Crippen LogP contribution >= 0.6 is 22.9 Å². The largest absolute Gasteiger partial charge is 0.496 e. The van der Waals surface area contributed by atoms with Gasteiger partial charge in [-0.15, -0.1) is 11.3 Å². The topological polar surface area (TPSA) is 38.3 Å². The van der Waals surface area contributed by atoms with Gasteiger partial charge in [0.05, 0.1) is 16.3 Å². The number of amides is 1. The fourth-order valence-electron chi connectivity index (χ4n) is 1.55. The molecule has 18 heavy (non-hydrogen) atoms. The van der Waals surface area contributed by atoms with Crippen molar-refractivity contribution in [2.45, 2.75) is 6.54 Å². The lowest BCUT2D eigenvalue weighted by molar-refractivity contribution is 0.0955. The van der Waals surface area contributed by atoms with Crippen LogP contribution in [0.25, 0.3) is 0 Å². The molecule has 0 unspecified atom stereocenters. The maximum atomic E-state index is 11.8. The van der Waals surface area contributed by atoms with Crippen LogP contribution in [0.15, 0.2) is 36.4 Å². The Morgan fingerprint density at radius 2 is 2.11 bits per heavy atom. The van der Waals surface area contributed by atoms with E-state index in [-0.39, 0.29) is 5.91 Å². The number of ether oxygens (including phenoxy) is 1. The number of para-hydroxylation sites is 1. The van der Waals surface area contributed by atoms with Crippen LogP contribution in [-0.4, -0.2) is 13.0 Å². The highest BCUT2D eigenvalue weighted by molar-refractivity contribution is 7.17. The van der Waals surface area contributed by atoms with Crippen LogP contribution in [0.5, 0.6) is 5.75 Å². The Morgan fingerprint density at radius 1 is 1.33 bits per heavy atom. The van der Waals surface area contributed by atoms with E-state index in [1.807, 2.05) is 24.3 Å². The van der Waals surface area contributed by atoms with Gasteiger partial charge in [-0.1, -0.05) is 29.8 Å². The van der Waals surface area contributed by atoms with Crippen molar-refractivity contribution >= 4 is 28.8 Å². The van der Waals surface area contributed by atoms with Crippen LogP contribution in [0.3, 0.4) is 0 Å². The highest BCUT2D eigenvalue weighted by atomic mass is 35.5. The van der Waals surface area contributed by atoms with Crippen molar-refractivity contribution in [3.63, 3.8) is 0 Å². The molecule has 2 rings (SSSR count). The molecule has 94 valence electrons. The summed E-state index contributed by atoms with van der Waals surface area (Å²) in [6, 6.07) is 11.0. The summed E-state index contributed by atoms with van der Waals surface area (Å²) in [6.07, 6.45) is 0. The average molecular weight is 282 g/mol. The van der Waals surface area contributed by atoms with Gasteiger partial charge in [-0.3, -0.25) is 4.79 Å². The zero-order valence-corrected chi connectivity index (χ0v) is 11.3. The summed E-state index contributed by atoms with van der Waals surface area (Å²) >= 11 is 7.05. The highest BCUT2D eigenvalue weighted by Gasteiger charge is 2.09. The molecule has 1 N–H and O–H groups in total. The van der Waals surface area contributed by atoms with Crippen LogP contribution in [0.4, 0.5) is 0 Å². The van der Waals surface area contributed by atoms with E-state index in [9.17, 15) is 4.79 Å². The quantitative estimate of drug-likeness (QED) is 0.933. The molecule has 1 aromatic heterocycles. The highest BCUT2D eigenvalue weighted by Crippen LogP contribution is 2.22. The Labute approximate surface area is 114 Å². The minimum atomic E-state index is -0.127. The van der Waals surface area contributed by atoms with Gasteiger partial charge in [-0.05, 0) is 18.2 Å². The Morgan fingerprint density at radius 3 is 2.78 bits per heavy atom. The number of nitrogens with one attached hydrogen (secondary N) is 1. The third kappa shape index (κ3) is 3.03. The number of hydrogen-bond acceptors (Lipinski definition) is 3. The van der Waals surface area contributed by atoms with Crippen LogP contribution in [0.2, 0.25) is 4.34 Å². The minimum absolute atomic E-state index is 0.127. The van der Waals surface area contributed by atoms with Gasteiger partial charge in [0, 0.05) is 12.1 Å². The number of hydrogen-bond donors (Lipinski definition) is 1.